The summed E-state index contributed by atoms with van der Waals surface area (Å²) in [7, 11) is 2.46. The van der Waals surface area contributed by atoms with Crippen LogP contribution in [0, 0.1) is 12.7 Å². The summed E-state index contributed by atoms with van der Waals surface area (Å²) < 4.78 is 23.2. The van der Waals surface area contributed by atoms with Crippen LogP contribution in [0.3, 0.4) is 0 Å². The second-order valence-electron chi connectivity index (χ2n) is 5.34. The van der Waals surface area contributed by atoms with Crippen molar-refractivity contribution in [2.24, 2.45) is 0 Å². The number of carbonyl (C=O) groups excluding carboxylic acids is 2. The molecule has 0 aliphatic rings. The van der Waals surface area contributed by atoms with Crippen LogP contribution in [0.15, 0.2) is 36.4 Å². The van der Waals surface area contributed by atoms with Crippen LogP contribution >= 0.6 is 12.2 Å². The molecular formula is C18H17FN2O4S. The van der Waals surface area contributed by atoms with Crippen LogP contribution in [0.25, 0.3) is 0 Å². The van der Waals surface area contributed by atoms with Crippen molar-refractivity contribution in [3.63, 3.8) is 0 Å². The number of esters is 2. The molecule has 136 valence electrons. The molecule has 0 heterocycles. The highest BCUT2D eigenvalue weighted by Gasteiger charge is 2.14. The molecule has 0 aliphatic heterocycles. The van der Waals surface area contributed by atoms with Crippen molar-refractivity contribution in [1.82, 2.24) is 0 Å². The first kappa shape index (κ1) is 19.3. The van der Waals surface area contributed by atoms with E-state index < -0.39 is 17.8 Å². The number of methoxy groups -OCH3 is 2. The molecule has 0 saturated carbocycles. The van der Waals surface area contributed by atoms with Crippen molar-refractivity contribution in [3.8, 4) is 0 Å². The van der Waals surface area contributed by atoms with Gasteiger partial charge in [-0.05, 0) is 55.0 Å². The zero-order chi connectivity index (χ0) is 19.3. The van der Waals surface area contributed by atoms with Gasteiger partial charge in [0, 0.05) is 5.69 Å². The minimum atomic E-state index is -0.623. The Morgan fingerprint density at radius 2 is 1.54 bits per heavy atom. The Hall–Kier alpha value is -3.00. The molecular weight excluding hydrogens is 359 g/mol. The number of nitrogens with one attached hydrogen (secondary N) is 2. The van der Waals surface area contributed by atoms with Gasteiger partial charge in [0.15, 0.2) is 5.11 Å². The lowest BCUT2D eigenvalue weighted by molar-refractivity contribution is 0.0599. The minimum Gasteiger partial charge on any atom is -0.465 e. The number of carbonyl (C=O) groups is 2. The van der Waals surface area contributed by atoms with Crippen LogP contribution in [0.1, 0.15) is 26.3 Å². The molecule has 0 unspecified atom stereocenters. The number of hydrogen-bond acceptors (Lipinski definition) is 5. The van der Waals surface area contributed by atoms with Gasteiger partial charge in [-0.25, -0.2) is 14.0 Å². The van der Waals surface area contributed by atoms with Gasteiger partial charge in [-0.15, -0.1) is 0 Å². The maximum atomic E-state index is 13.9. The van der Waals surface area contributed by atoms with Gasteiger partial charge in [-0.3, -0.25) is 0 Å². The molecule has 8 heteroatoms. The van der Waals surface area contributed by atoms with Gasteiger partial charge in [0.2, 0.25) is 0 Å². The van der Waals surface area contributed by atoms with E-state index in [2.05, 4.69) is 20.1 Å². The fourth-order valence-corrected chi connectivity index (χ4v) is 2.41. The molecule has 26 heavy (non-hydrogen) atoms. The number of hydrogen-bond donors (Lipinski definition) is 2. The Morgan fingerprint density at radius 1 is 0.962 bits per heavy atom. The maximum absolute atomic E-state index is 13.9. The van der Waals surface area contributed by atoms with E-state index in [4.69, 9.17) is 12.2 Å². The van der Waals surface area contributed by atoms with Crippen molar-refractivity contribution in [1.29, 1.82) is 0 Å². The van der Waals surface area contributed by atoms with Crippen molar-refractivity contribution >= 4 is 40.6 Å². The first-order chi connectivity index (χ1) is 12.3. The number of thiocarbonyl (C=S) groups is 1. The Bertz CT molecular complexity index is 836. The summed E-state index contributed by atoms with van der Waals surface area (Å²) in [5.74, 6) is -1.70. The Balaban J connectivity index is 2.25. The van der Waals surface area contributed by atoms with Gasteiger partial charge in [0.25, 0.3) is 0 Å². The van der Waals surface area contributed by atoms with Crippen molar-refractivity contribution in [3.05, 3.63) is 58.9 Å². The quantitative estimate of drug-likeness (QED) is 0.624. The van der Waals surface area contributed by atoms with Crippen LogP contribution in [0.2, 0.25) is 0 Å². The van der Waals surface area contributed by atoms with Crippen LogP contribution in [0.4, 0.5) is 15.8 Å². The average molecular weight is 376 g/mol. The normalized spacial score (nSPS) is 10.0. The van der Waals surface area contributed by atoms with Crippen molar-refractivity contribution in [2.75, 3.05) is 24.9 Å². The van der Waals surface area contributed by atoms with E-state index in [1.165, 1.54) is 38.5 Å². The van der Waals surface area contributed by atoms with E-state index in [9.17, 15) is 14.0 Å². The topological polar surface area (TPSA) is 76.7 Å². The standard InChI is InChI=1S/C18H17FN2O4S/c1-10-4-5-15(14(19)6-10)21-18(26)20-13-8-11(16(22)24-2)7-12(9-13)17(23)25-3/h4-9H,1-3H3,(H2,20,21,26). The molecule has 0 aliphatic carbocycles. The van der Waals surface area contributed by atoms with E-state index >= 15 is 0 Å². The molecule has 6 nitrogen and oxygen atoms in total. The van der Waals surface area contributed by atoms with Crippen molar-refractivity contribution < 1.29 is 23.5 Å². The summed E-state index contributed by atoms with van der Waals surface area (Å²) >= 11 is 5.16. The highest BCUT2D eigenvalue weighted by atomic mass is 32.1. The summed E-state index contributed by atoms with van der Waals surface area (Å²) in [6, 6.07) is 8.93. The van der Waals surface area contributed by atoms with Gasteiger partial charge in [-0.2, -0.15) is 0 Å². The van der Waals surface area contributed by atoms with Crippen LogP contribution < -0.4 is 10.6 Å². The third-order valence-corrected chi connectivity index (χ3v) is 3.61. The van der Waals surface area contributed by atoms with E-state index in [1.54, 1.807) is 19.1 Å². The third kappa shape index (κ3) is 4.76. The van der Waals surface area contributed by atoms with Crippen molar-refractivity contribution in [2.45, 2.75) is 6.92 Å². The first-order valence-corrected chi connectivity index (χ1v) is 7.90. The lowest BCUT2D eigenvalue weighted by Gasteiger charge is -2.13. The number of rotatable bonds is 4. The van der Waals surface area contributed by atoms with E-state index in [-0.39, 0.29) is 21.9 Å². The average Bonchev–Trinajstić information content (AvgIpc) is 2.62. The smallest absolute Gasteiger partial charge is 0.337 e. The molecule has 2 aromatic carbocycles. The van der Waals surface area contributed by atoms with E-state index in [0.717, 1.165) is 5.56 Å². The van der Waals surface area contributed by atoms with E-state index in [0.29, 0.717) is 5.69 Å². The van der Waals surface area contributed by atoms with Crippen LogP contribution in [-0.2, 0) is 9.47 Å². The molecule has 2 aromatic rings. The fourth-order valence-electron chi connectivity index (χ4n) is 2.18. The second kappa shape index (κ2) is 8.39. The number of aryl methyl sites for hydroxylation is 1. The molecule has 2 rings (SSSR count). The first-order valence-electron chi connectivity index (χ1n) is 7.50. The molecule has 0 amide bonds. The monoisotopic (exact) mass is 376 g/mol. The highest BCUT2D eigenvalue weighted by molar-refractivity contribution is 7.80. The van der Waals surface area contributed by atoms with Gasteiger partial charge < -0.3 is 20.1 Å². The number of ether oxygens (including phenoxy) is 2. The maximum Gasteiger partial charge on any atom is 0.337 e. The molecule has 0 atom stereocenters. The molecule has 0 radical (unpaired) electrons. The summed E-state index contributed by atoms with van der Waals surface area (Å²) in [6.07, 6.45) is 0. The zero-order valence-electron chi connectivity index (χ0n) is 14.4. The highest BCUT2D eigenvalue weighted by Crippen LogP contribution is 2.19. The minimum absolute atomic E-state index is 0.0885. The van der Waals surface area contributed by atoms with Crippen LogP contribution in [0.5, 0.6) is 0 Å². The van der Waals surface area contributed by atoms with E-state index in [1.807, 2.05) is 0 Å². The molecule has 0 bridgehead atoms. The van der Waals surface area contributed by atoms with Gasteiger partial charge in [0.1, 0.15) is 5.82 Å². The SMILES string of the molecule is COC(=O)c1cc(NC(=S)Nc2ccc(C)cc2F)cc(C(=O)OC)c1. The lowest BCUT2D eigenvalue weighted by atomic mass is 10.1. The molecule has 0 saturated heterocycles. The second-order valence-corrected chi connectivity index (χ2v) is 5.75. The number of anilines is 2. The predicted octanol–water partition coefficient (Wildman–Crippen LogP) is 3.52. The predicted molar refractivity (Wildman–Crippen MR) is 100 cm³/mol. The summed E-state index contributed by atoms with van der Waals surface area (Å²) in [5, 5.41) is 5.62. The number of benzene rings is 2. The van der Waals surface area contributed by atoms with Crippen LogP contribution in [-0.4, -0.2) is 31.3 Å². The Labute approximate surface area is 155 Å². The summed E-state index contributed by atoms with van der Waals surface area (Å²) in [4.78, 5) is 23.6. The largest absolute Gasteiger partial charge is 0.465 e. The molecule has 2 N–H and O–H groups in total. The lowest BCUT2D eigenvalue weighted by Crippen LogP contribution is -2.20. The number of halogens is 1. The summed E-state index contributed by atoms with van der Waals surface area (Å²) in [5.41, 5.74) is 1.61. The Kier molecular flexibility index (Phi) is 6.24. The third-order valence-electron chi connectivity index (χ3n) is 3.41. The zero-order valence-corrected chi connectivity index (χ0v) is 15.2. The Morgan fingerprint density at radius 3 is 2.04 bits per heavy atom. The summed E-state index contributed by atoms with van der Waals surface area (Å²) in [6.45, 7) is 1.77. The molecule has 0 aromatic heterocycles. The molecule has 0 spiro atoms. The fraction of sp³-hybridized carbons (Fsp3) is 0.167. The van der Waals surface area contributed by atoms with Gasteiger partial charge in [-0.1, -0.05) is 6.07 Å². The van der Waals surface area contributed by atoms with Gasteiger partial charge >= 0.3 is 11.9 Å². The van der Waals surface area contributed by atoms with Gasteiger partial charge in [0.05, 0.1) is 31.0 Å². The molecule has 0 fully saturated rings.